The van der Waals surface area contributed by atoms with Crippen LogP contribution in [-0.4, -0.2) is 38.5 Å². The molecule has 0 amide bonds. The van der Waals surface area contributed by atoms with Gasteiger partial charge in [0.2, 0.25) is 5.82 Å². The molecule has 0 aromatic carbocycles. The number of anilines is 1. The first-order valence-electron chi connectivity index (χ1n) is 5.85. The van der Waals surface area contributed by atoms with E-state index in [4.69, 9.17) is 5.11 Å². The SMILES string of the molecule is CC(C)CN(CC(=O)O)c1nn(C)c(=O)n(C)c1=O. The quantitative estimate of drug-likeness (QED) is 0.739. The van der Waals surface area contributed by atoms with Crippen LogP contribution in [0.25, 0.3) is 0 Å². The second-order valence-electron chi connectivity index (χ2n) is 4.76. The van der Waals surface area contributed by atoms with Crippen LogP contribution in [-0.2, 0) is 18.9 Å². The van der Waals surface area contributed by atoms with E-state index in [2.05, 4.69) is 5.10 Å². The van der Waals surface area contributed by atoms with Crippen LogP contribution in [0.5, 0.6) is 0 Å². The molecule has 106 valence electrons. The van der Waals surface area contributed by atoms with Gasteiger partial charge in [0.15, 0.2) is 0 Å². The van der Waals surface area contributed by atoms with Gasteiger partial charge >= 0.3 is 11.7 Å². The molecule has 0 aliphatic rings. The van der Waals surface area contributed by atoms with Crippen molar-refractivity contribution in [2.75, 3.05) is 18.0 Å². The van der Waals surface area contributed by atoms with E-state index in [-0.39, 0.29) is 18.3 Å². The molecule has 1 aromatic heterocycles. The number of carbonyl (C=O) groups is 1. The maximum atomic E-state index is 12.0. The Bertz CT molecular complexity index is 587. The van der Waals surface area contributed by atoms with E-state index in [1.807, 2.05) is 13.8 Å². The van der Waals surface area contributed by atoms with E-state index in [9.17, 15) is 14.4 Å². The fourth-order valence-corrected chi connectivity index (χ4v) is 1.71. The topological polar surface area (TPSA) is 97.4 Å². The lowest BCUT2D eigenvalue weighted by Gasteiger charge is -2.23. The summed E-state index contributed by atoms with van der Waals surface area (Å²) >= 11 is 0. The van der Waals surface area contributed by atoms with Crippen molar-refractivity contribution >= 4 is 11.8 Å². The predicted octanol–water partition coefficient (Wildman–Crippen LogP) is -0.974. The minimum atomic E-state index is -1.06. The Balaban J connectivity index is 3.34. The van der Waals surface area contributed by atoms with Crippen molar-refractivity contribution in [2.24, 2.45) is 20.0 Å². The zero-order valence-electron chi connectivity index (χ0n) is 11.5. The molecule has 1 aromatic rings. The summed E-state index contributed by atoms with van der Waals surface area (Å²) in [5.74, 6) is -0.929. The number of aromatic nitrogens is 3. The summed E-state index contributed by atoms with van der Waals surface area (Å²) in [6.07, 6.45) is 0. The van der Waals surface area contributed by atoms with E-state index in [0.717, 1.165) is 9.25 Å². The van der Waals surface area contributed by atoms with Crippen LogP contribution >= 0.6 is 0 Å². The van der Waals surface area contributed by atoms with Gasteiger partial charge in [0.1, 0.15) is 6.54 Å². The average Bonchev–Trinajstić information content (AvgIpc) is 2.29. The first-order valence-corrected chi connectivity index (χ1v) is 5.85. The third-order valence-corrected chi connectivity index (χ3v) is 2.52. The molecule has 1 rings (SSSR count). The Morgan fingerprint density at radius 1 is 1.37 bits per heavy atom. The average molecular weight is 270 g/mol. The fraction of sp³-hybridized carbons (Fsp3) is 0.636. The van der Waals surface area contributed by atoms with Crippen LogP contribution < -0.4 is 16.1 Å². The highest BCUT2D eigenvalue weighted by atomic mass is 16.4. The van der Waals surface area contributed by atoms with Crippen molar-refractivity contribution in [3.05, 3.63) is 20.8 Å². The molecule has 0 saturated carbocycles. The van der Waals surface area contributed by atoms with Crippen LogP contribution in [0.4, 0.5) is 5.82 Å². The smallest absolute Gasteiger partial charge is 0.346 e. The monoisotopic (exact) mass is 270 g/mol. The zero-order chi connectivity index (χ0) is 14.7. The van der Waals surface area contributed by atoms with Gasteiger partial charge in [-0.05, 0) is 5.92 Å². The molecule has 1 N–H and O–H groups in total. The Hall–Kier alpha value is -2.12. The number of hydrogen-bond acceptors (Lipinski definition) is 5. The summed E-state index contributed by atoms with van der Waals surface area (Å²) in [6.45, 7) is 3.84. The van der Waals surface area contributed by atoms with Crippen molar-refractivity contribution in [3.63, 3.8) is 0 Å². The molecular formula is C11H18N4O4. The molecule has 19 heavy (non-hydrogen) atoms. The summed E-state index contributed by atoms with van der Waals surface area (Å²) in [5.41, 5.74) is -1.14. The molecule has 0 aliphatic heterocycles. The summed E-state index contributed by atoms with van der Waals surface area (Å²) in [4.78, 5) is 35.8. The largest absolute Gasteiger partial charge is 0.480 e. The van der Waals surface area contributed by atoms with Crippen molar-refractivity contribution in [1.82, 2.24) is 14.3 Å². The van der Waals surface area contributed by atoms with Gasteiger partial charge in [-0.1, -0.05) is 13.8 Å². The number of carboxylic acids is 1. The first kappa shape index (κ1) is 14.9. The summed E-state index contributed by atoms with van der Waals surface area (Å²) in [6, 6.07) is 0. The Morgan fingerprint density at radius 3 is 2.42 bits per heavy atom. The van der Waals surface area contributed by atoms with Gasteiger partial charge in [-0.15, -0.1) is 5.10 Å². The van der Waals surface area contributed by atoms with E-state index in [1.54, 1.807) is 0 Å². The number of aryl methyl sites for hydroxylation is 1. The van der Waals surface area contributed by atoms with Gasteiger partial charge in [0.05, 0.1) is 0 Å². The van der Waals surface area contributed by atoms with Crippen LogP contribution in [0.1, 0.15) is 13.8 Å². The standard InChI is InChI=1S/C11H18N4O4/c1-7(2)5-15(6-8(16)17)9-10(18)13(3)11(19)14(4)12-9/h7H,5-6H2,1-4H3,(H,16,17). The number of aliphatic carboxylic acids is 1. The molecule has 1 heterocycles. The minimum Gasteiger partial charge on any atom is -0.480 e. The maximum Gasteiger partial charge on any atom is 0.346 e. The lowest BCUT2D eigenvalue weighted by Crippen LogP contribution is -2.45. The third kappa shape index (κ3) is 3.43. The van der Waals surface area contributed by atoms with E-state index >= 15 is 0 Å². The molecule has 0 saturated heterocycles. The highest BCUT2D eigenvalue weighted by molar-refractivity contribution is 5.72. The van der Waals surface area contributed by atoms with Crippen molar-refractivity contribution < 1.29 is 9.90 Å². The van der Waals surface area contributed by atoms with Crippen LogP contribution in [0.3, 0.4) is 0 Å². The van der Waals surface area contributed by atoms with Crippen LogP contribution in [0, 0.1) is 5.92 Å². The highest BCUT2D eigenvalue weighted by Gasteiger charge is 2.19. The highest BCUT2D eigenvalue weighted by Crippen LogP contribution is 2.06. The van der Waals surface area contributed by atoms with Gasteiger partial charge in [-0.2, -0.15) is 0 Å². The zero-order valence-corrected chi connectivity index (χ0v) is 11.5. The second kappa shape index (κ2) is 5.68. The lowest BCUT2D eigenvalue weighted by molar-refractivity contribution is -0.135. The molecule has 0 fully saturated rings. The molecule has 0 bridgehead atoms. The van der Waals surface area contributed by atoms with Crippen LogP contribution in [0.2, 0.25) is 0 Å². The molecule has 0 aliphatic carbocycles. The maximum absolute atomic E-state index is 12.0. The number of nitrogens with zero attached hydrogens (tertiary/aromatic N) is 4. The molecule has 0 spiro atoms. The molecule has 8 heteroatoms. The number of carboxylic acid groups (broad SMARTS) is 1. The van der Waals surface area contributed by atoms with Crippen molar-refractivity contribution in [1.29, 1.82) is 0 Å². The molecule has 0 atom stereocenters. The van der Waals surface area contributed by atoms with Gasteiger partial charge in [0.25, 0.3) is 5.56 Å². The third-order valence-electron chi connectivity index (χ3n) is 2.52. The molecule has 0 radical (unpaired) electrons. The Kier molecular flexibility index (Phi) is 4.47. The second-order valence-corrected chi connectivity index (χ2v) is 4.76. The summed E-state index contributed by atoms with van der Waals surface area (Å²) in [5, 5.41) is 12.8. The van der Waals surface area contributed by atoms with Crippen molar-refractivity contribution in [3.8, 4) is 0 Å². The van der Waals surface area contributed by atoms with Gasteiger partial charge < -0.3 is 10.0 Å². The predicted molar refractivity (Wildman–Crippen MR) is 69.4 cm³/mol. The molecule has 8 nitrogen and oxygen atoms in total. The number of rotatable bonds is 5. The Morgan fingerprint density at radius 2 is 1.95 bits per heavy atom. The van der Waals surface area contributed by atoms with E-state index < -0.39 is 17.2 Å². The summed E-state index contributed by atoms with van der Waals surface area (Å²) in [7, 11) is 2.75. The van der Waals surface area contributed by atoms with E-state index in [1.165, 1.54) is 19.0 Å². The van der Waals surface area contributed by atoms with Crippen LogP contribution in [0.15, 0.2) is 9.59 Å². The van der Waals surface area contributed by atoms with Gasteiger partial charge in [-0.25, -0.2) is 9.48 Å². The summed E-state index contributed by atoms with van der Waals surface area (Å²) < 4.78 is 1.93. The lowest BCUT2D eigenvalue weighted by atomic mass is 10.2. The fourth-order valence-electron chi connectivity index (χ4n) is 1.71. The minimum absolute atomic E-state index is 0.0271. The molecule has 0 unspecified atom stereocenters. The normalized spacial score (nSPS) is 10.8. The van der Waals surface area contributed by atoms with E-state index in [0.29, 0.717) is 6.54 Å². The van der Waals surface area contributed by atoms with Gasteiger partial charge in [0, 0.05) is 20.6 Å². The number of hydrogen-bond donors (Lipinski definition) is 1. The first-order chi connectivity index (χ1) is 8.73. The van der Waals surface area contributed by atoms with Gasteiger partial charge in [-0.3, -0.25) is 14.2 Å². The Labute approximate surface area is 109 Å². The van der Waals surface area contributed by atoms with Crippen molar-refractivity contribution in [2.45, 2.75) is 13.8 Å². The molecular weight excluding hydrogens is 252 g/mol.